The van der Waals surface area contributed by atoms with Crippen LogP contribution in [0.15, 0.2) is 30.3 Å². The number of carboxylic acids is 1. The van der Waals surface area contributed by atoms with Crippen molar-refractivity contribution in [3.05, 3.63) is 41.5 Å². The number of hydrogen-bond acceptors (Lipinski definition) is 2. The molecular formula is C21H25F3O3. The Morgan fingerprint density at radius 3 is 2.56 bits per heavy atom. The lowest BCUT2D eigenvalue weighted by Gasteiger charge is -2.15. The summed E-state index contributed by atoms with van der Waals surface area (Å²) in [5.74, 6) is -0.791. The van der Waals surface area contributed by atoms with Crippen molar-refractivity contribution in [1.82, 2.24) is 0 Å². The highest BCUT2D eigenvalue weighted by Crippen LogP contribution is 2.36. The number of carboxylic acid groups (broad SMARTS) is 1. The molecule has 2 atom stereocenters. The van der Waals surface area contributed by atoms with Gasteiger partial charge in [-0.25, -0.2) is 0 Å². The van der Waals surface area contributed by atoms with E-state index in [1.54, 1.807) is 12.1 Å². The van der Waals surface area contributed by atoms with Crippen LogP contribution >= 0.6 is 0 Å². The summed E-state index contributed by atoms with van der Waals surface area (Å²) in [6, 6.07) is 5.44. The lowest BCUT2D eigenvalue weighted by Crippen LogP contribution is -2.13. The van der Waals surface area contributed by atoms with Gasteiger partial charge in [0.1, 0.15) is 5.78 Å². The zero-order valence-corrected chi connectivity index (χ0v) is 15.2. The molecule has 0 heterocycles. The molecule has 27 heavy (non-hydrogen) atoms. The number of carbonyl (C=O) groups is 2. The van der Waals surface area contributed by atoms with Crippen LogP contribution in [0.1, 0.15) is 62.5 Å². The number of rotatable bonds is 9. The average molecular weight is 382 g/mol. The normalized spacial score (nSPS) is 20.5. The van der Waals surface area contributed by atoms with Gasteiger partial charge < -0.3 is 5.11 Å². The number of carbonyl (C=O) groups excluding carboxylic acids is 1. The molecule has 1 saturated carbocycles. The Morgan fingerprint density at radius 1 is 1.15 bits per heavy atom. The van der Waals surface area contributed by atoms with Crippen molar-refractivity contribution in [3.8, 4) is 0 Å². The Balaban J connectivity index is 1.92. The topological polar surface area (TPSA) is 54.4 Å². The predicted molar refractivity (Wildman–Crippen MR) is 97.0 cm³/mol. The Hall–Kier alpha value is -2.11. The van der Waals surface area contributed by atoms with Crippen LogP contribution in [0, 0.1) is 11.8 Å². The molecule has 0 spiro atoms. The summed E-state index contributed by atoms with van der Waals surface area (Å²) < 4.78 is 39.2. The van der Waals surface area contributed by atoms with Gasteiger partial charge in [0.05, 0.1) is 5.56 Å². The fourth-order valence-corrected chi connectivity index (χ4v) is 3.66. The lowest BCUT2D eigenvalue weighted by atomic mass is 9.89. The second kappa shape index (κ2) is 9.72. The summed E-state index contributed by atoms with van der Waals surface area (Å²) in [5.41, 5.74) is -0.544. The quantitative estimate of drug-likeness (QED) is 0.554. The van der Waals surface area contributed by atoms with Crippen LogP contribution in [0.3, 0.4) is 0 Å². The minimum atomic E-state index is -4.40. The van der Waals surface area contributed by atoms with E-state index in [1.165, 1.54) is 18.2 Å². The third-order valence-electron chi connectivity index (χ3n) is 5.10. The van der Waals surface area contributed by atoms with E-state index in [0.29, 0.717) is 25.7 Å². The molecule has 0 radical (unpaired) electrons. The summed E-state index contributed by atoms with van der Waals surface area (Å²) in [6.07, 6.45) is 4.00. The van der Waals surface area contributed by atoms with Crippen LogP contribution in [0.25, 0.3) is 6.08 Å². The SMILES string of the molecule is O=C(O)CCCCCC[C@H]1C(=O)CC[C@@H]1C=Cc1ccccc1C(F)(F)F. The molecule has 1 fully saturated rings. The number of allylic oxidation sites excluding steroid dienone is 1. The van der Waals surface area contributed by atoms with Crippen LogP contribution in [0.5, 0.6) is 0 Å². The number of hydrogen-bond donors (Lipinski definition) is 1. The first-order valence-corrected chi connectivity index (χ1v) is 9.38. The zero-order chi connectivity index (χ0) is 19.9. The van der Waals surface area contributed by atoms with Crippen molar-refractivity contribution in [2.45, 2.75) is 57.5 Å². The first kappa shape index (κ1) is 21.2. The van der Waals surface area contributed by atoms with Gasteiger partial charge >= 0.3 is 12.1 Å². The summed E-state index contributed by atoms with van der Waals surface area (Å²) >= 11 is 0. The van der Waals surface area contributed by atoms with E-state index in [2.05, 4.69) is 0 Å². The van der Waals surface area contributed by atoms with Gasteiger partial charge in [-0.3, -0.25) is 9.59 Å². The summed E-state index contributed by atoms with van der Waals surface area (Å²) in [5, 5.41) is 8.61. The molecule has 0 saturated heterocycles. The van der Waals surface area contributed by atoms with Crippen LogP contribution in [-0.2, 0) is 15.8 Å². The van der Waals surface area contributed by atoms with Crippen molar-refractivity contribution >= 4 is 17.8 Å². The van der Waals surface area contributed by atoms with Crippen LogP contribution in [-0.4, -0.2) is 16.9 Å². The number of ketones is 1. The first-order chi connectivity index (χ1) is 12.8. The van der Waals surface area contributed by atoms with Crippen molar-refractivity contribution in [2.24, 2.45) is 11.8 Å². The molecular weight excluding hydrogens is 357 g/mol. The zero-order valence-electron chi connectivity index (χ0n) is 15.2. The monoisotopic (exact) mass is 382 g/mol. The predicted octanol–water partition coefficient (Wildman–Crippen LogP) is 5.74. The van der Waals surface area contributed by atoms with Gasteiger partial charge in [0.25, 0.3) is 0 Å². The molecule has 1 aliphatic carbocycles. The molecule has 1 N–H and O–H groups in total. The molecule has 6 heteroatoms. The highest BCUT2D eigenvalue weighted by Gasteiger charge is 2.34. The van der Waals surface area contributed by atoms with Gasteiger partial charge in [-0.2, -0.15) is 13.2 Å². The highest BCUT2D eigenvalue weighted by atomic mass is 19.4. The average Bonchev–Trinajstić information content (AvgIpc) is 2.95. The fraction of sp³-hybridized carbons (Fsp3) is 0.524. The van der Waals surface area contributed by atoms with E-state index in [0.717, 1.165) is 25.3 Å². The Morgan fingerprint density at radius 2 is 1.85 bits per heavy atom. The summed E-state index contributed by atoms with van der Waals surface area (Å²) in [6.45, 7) is 0. The molecule has 0 amide bonds. The Bertz CT molecular complexity index is 679. The largest absolute Gasteiger partial charge is 0.481 e. The number of Topliss-reactive ketones (excluding diaryl/α,β-unsaturated/α-hetero) is 1. The van der Waals surface area contributed by atoms with Crippen LogP contribution in [0.4, 0.5) is 13.2 Å². The minimum absolute atomic E-state index is 0.0298. The number of aliphatic carboxylic acids is 1. The number of benzene rings is 1. The molecule has 0 aromatic heterocycles. The third kappa shape index (κ3) is 6.52. The van der Waals surface area contributed by atoms with Gasteiger partial charge in [0.15, 0.2) is 0 Å². The van der Waals surface area contributed by atoms with E-state index < -0.39 is 17.7 Å². The molecule has 148 valence electrons. The number of alkyl halides is 3. The maximum atomic E-state index is 13.1. The first-order valence-electron chi connectivity index (χ1n) is 9.38. The molecule has 1 aliphatic rings. The summed E-state index contributed by atoms with van der Waals surface area (Å²) in [7, 11) is 0. The molecule has 0 bridgehead atoms. The van der Waals surface area contributed by atoms with Crippen molar-refractivity contribution in [3.63, 3.8) is 0 Å². The van der Waals surface area contributed by atoms with Gasteiger partial charge in [0.2, 0.25) is 0 Å². The van der Waals surface area contributed by atoms with E-state index in [-0.39, 0.29) is 29.6 Å². The second-order valence-electron chi connectivity index (χ2n) is 7.07. The molecule has 1 aromatic carbocycles. The Labute approximate surface area is 157 Å². The van der Waals surface area contributed by atoms with Gasteiger partial charge in [-0.05, 0) is 36.8 Å². The molecule has 0 unspecified atom stereocenters. The molecule has 0 aliphatic heterocycles. The smallest absolute Gasteiger partial charge is 0.416 e. The van der Waals surface area contributed by atoms with Crippen LogP contribution < -0.4 is 0 Å². The third-order valence-corrected chi connectivity index (χ3v) is 5.10. The number of unbranched alkanes of at least 4 members (excludes halogenated alkanes) is 3. The van der Waals surface area contributed by atoms with Crippen molar-refractivity contribution in [2.75, 3.05) is 0 Å². The standard InChI is InChI=1S/C21H25F3O3/c22-21(23,24)18-9-6-5-7-16(18)12-11-15-13-14-19(25)17(15)8-3-1-2-4-10-20(26)27/h5-7,9,11-12,15,17H,1-4,8,10,13-14H2,(H,26,27)/t15-,17+/m0/s1. The lowest BCUT2D eigenvalue weighted by molar-refractivity contribution is -0.138. The van der Waals surface area contributed by atoms with E-state index >= 15 is 0 Å². The van der Waals surface area contributed by atoms with Crippen LogP contribution in [0.2, 0.25) is 0 Å². The molecule has 2 rings (SSSR count). The van der Waals surface area contributed by atoms with Crippen molar-refractivity contribution < 1.29 is 27.9 Å². The number of halogens is 3. The van der Waals surface area contributed by atoms with E-state index in [1.807, 2.05) is 0 Å². The summed E-state index contributed by atoms with van der Waals surface area (Å²) in [4.78, 5) is 22.6. The second-order valence-corrected chi connectivity index (χ2v) is 7.07. The Kier molecular flexibility index (Phi) is 7.63. The minimum Gasteiger partial charge on any atom is -0.481 e. The maximum absolute atomic E-state index is 13.1. The van der Waals surface area contributed by atoms with E-state index in [4.69, 9.17) is 5.11 Å². The molecule has 3 nitrogen and oxygen atoms in total. The van der Waals surface area contributed by atoms with Gasteiger partial charge in [-0.15, -0.1) is 0 Å². The molecule has 1 aromatic rings. The fourth-order valence-electron chi connectivity index (χ4n) is 3.66. The van der Waals surface area contributed by atoms with Crippen molar-refractivity contribution in [1.29, 1.82) is 0 Å². The van der Waals surface area contributed by atoms with Gasteiger partial charge in [0, 0.05) is 18.8 Å². The van der Waals surface area contributed by atoms with E-state index in [9.17, 15) is 22.8 Å². The van der Waals surface area contributed by atoms with Gasteiger partial charge in [-0.1, -0.05) is 49.6 Å². The maximum Gasteiger partial charge on any atom is 0.416 e. The highest BCUT2D eigenvalue weighted by molar-refractivity contribution is 5.84.